The lowest BCUT2D eigenvalue weighted by Crippen LogP contribution is -2.30. The summed E-state index contributed by atoms with van der Waals surface area (Å²) >= 11 is 14.3. The Morgan fingerprint density at radius 3 is 1.00 bits per heavy atom. The third kappa shape index (κ3) is 8.49. The Labute approximate surface area is 328 Å². The Morgan fingerprint density at radius 2 is 0.741 bits per heavy atom. The van der Waals surface area contributed by atoms with Crippen LogP contribution in [0.25, 0.3) is 11.1 Å². The molecule has 0 N–H and O–H groups in total. The first-order valence-corrected chi connectivity index (χ1v) is 20.6. The third-order valence-electron chi connectivity index (χ3n) is 8.62. The summed E-state index contributed by atoms with van der Waals surface area (Å²) in [5, 5.41) is 6.54. The molecule has 0 aliphatic heterocycles. The molecule has 54 heavy (non-hydrogen) atoms. The van der Waals surface area contributed by atoms with E-state index in [4.69, 9.17) is 42.1 Å². The number of esters is 2. The summed E-state index contributed by atoms with van der Waals surface area (Å²) in [6.07, 6.45) is -2.07. The van der Waals surface area contributed by atoms with E-state index in [0.717, 1.165) is 31.8 Å². The van der Waals surface area contributed by atoms with Crippen molar-refractivity contribution in [3.8, 4) is 22.6 Å². The Hall–Kier alpha value is -4.70. The molecule has 6 nitrogen and oxygen atoms in total. The van der Waals surface area contributed by atoms with Gasteiger partial charge in [-0.25, -0.2) is 9.59 Å². The number of carbonyl (C=O) groups is 2. The van der Waals surface area contributed by atoms with E-state index in [1.54, 1.807) is 26.0 Å². The van der Waals surface area contributed by atoms with Gasteiger partial charge in [-0.05, 0) is 73.7 Å². The largest absolute Gasteiger partial charge is 0.477 e. The lowest BCUT2D eigenvalue weighted by molar-refractivity contribution is -0.148. The van der Waals surface area contributed by atoms with Crippen LogP contribution >= 0.6 is 39.0 Å². The Kier molecular flexibility index (Phi) is 13.1. The normalized spacial score (nSPS) is 12.2. The van der Waals surface area contributed by atoms with Gasteiger partial charge in [0, 0.05) is 11.1 Å². The minimum Gasteiger partial charge on any atom is -0.477 e. The van der Waals surface area contributed by atoms with Crippen LogP contribution in [-0.2, 0) is 19.1 Å². The van der Waals surface area contributed by atoms with Crippen LogP contribution in [0, 0.1) is 0 Å². The molecule has 0 radical (unpaired) electrons. The molecule has 0 bridgehead atoms. The number of hydrogen-bond donors (Lipinski definition) is 0. The molecule has 274 valence electrons. The fourth-order valence-electron chi connectivity index (χ4n) is 6.12. The molecule has 0 saturated heterocycles. The maximum Gasteiger partial charge on any atom is 0.346 e. The zero-order valence-corrected chi connectivity index (χ0v) is 33.4. The molecule has 0 amide bonds. The van der Waals surface area contributed by atoms with Crippen molar-refractivity contribution < 1.29 is 28.5 Å². The van der Waals surface area contributed by atoms with Gasteiger partial charge in [0.1, 0.15) is 11.5 Å². The van der Waals surface area contributed by atoms with Crippen molar-refractivity contribution in [2.45, 2.75) is 26.1 Å². The summed E-state index contributed by atoms with van der Waals surface area (Å²) in [6, 6.07) is 48.5. The average molecular weight is 796 g/mol. The standard InChI is InChI=1S/C44H38Cl2O6P2/c1-29(43(47)49-3)51-41-35(45)25-27-37(53(31-17-9-5-10-18-31)32-19-11-6-12-20-32)39(41)40-38(28-26-36(46)42(40)52-30(2)44(48)50-4)54(33-21-13-7-14-22-33)34-23-15-8-16-24-34/h5-30H,1-4H3. The van der Waals surface area contributed by atoms with Gasteiger partial charge in [0.25, 0.3) is 0 Å². The highest BCUT2D eigenvalue weighted by atomic mass is 35.5. The fraction of sp³-hybridized carbons (Fsp3) is 0.136. The van der Waals surface area contributed by atoms with E-state index in [9.17, 15) is 9.59 Å². The lowest BCUT2D eigenvalue weighted by Gasteiger charge is -2.30. The second-order valence-electron chi connectivity index (χ2n) is 12.1. The number of carbonyl (C=O) groups excluding carboxylic acids is 2. The molecule has 10 heteroatoms. The molecule has 0 aliphatic rings. The summed E-state index contributed by atoms with van der Waals surface area (Å²) in [4.78, 5) is 26.0. The molecule has 0 spiro atoms. The third-order valence-corrected chi connectivity index (χ3v) is 14.2. The highest BCUT2D eigenvalue weighted by molar-refractivity contribution is 7.80. The predicted octanol–water partition coefficient (Wildman–Crippen LogP) is 8.06. The van der Waals surface area contributed by atoms with E-state index in [-0.39, 0.29) is 21.5 Å². The van der Waals surface area contributed by atoms with Crippen LogP contribution in [0.4, 0.5) is 0 Å². The van der Waals surface area contributed by atoms with E-state index in [1.807, 2.05) is 84.9 Å². The summed E-state index contributed by atoms with van der Waals surface area (Å²) in [6.45, 7) is 3.23. The molecule has 0 aromatic heterocycles. The minimum absolute atomic E-state index is 0.251. The monoisotopic (exact) mass is 794 g/mol. The Bertz CT molecular complexity index is 1970. The first kappa shape index (κ1) is 39.0. The van der Waals surface area contributed by atoms with Crippen LogP contribution in [-0.4, -0.2) is 38.4 Å². The van der Waals surface area contributed by atoms with E-state index in [0.29, 0.717) is 11.1 Å². The molecular formula is C44H38Cl2O6P2. The smallest absolute Gasteiger partial charge is 0.346 e. The topological polar surface area (TPSA) is 71.1 Å². The molecular weight excluding hydrogens is 757 g/mol. The van der Waals surface area contributed by atoms with Gasteiger partial charge in [-0.3, -0.25) is 0 Å². The van der Waals surface area contributed by atoms with E-state index >= 15 is 0 Å². The molecule has 0 saturated carbocycles. The van der Waals surface area contributed by atoms with Crippen molar-refractivity contribution in [1.82, 2.24) is 0 Å². The molecule has 6 aromatic rings. The van der Waals surface area contributed by atoms with Gasteiger partial charge in [0.15, 0.2) is 12.2 Å². The SMILES string of the molecule is COC(=O)C(C)Oc1c(Cl)ccc(P(c2ccccc2)c2ccccc2)c1-c1c(P(c2ccccc2)c2ccccc2)ccc(Cl)c1OC(C)C(=O)OC. The molecule has 6 rings (SSSR count). The minimum atomic E-state index is -1.30. The van der Waals surface area contributed by atoms with Gasteiger partial charge < -0.3 is 18.9 Å². The number of methoxy groups -OCH3 is 2. The molecule has 2 unspecified atom stereocenters. The fourth-order valence-corrected chi connectivity index (χ4v) is 11.4. The summed E-state index contributed by atoms with van der Waals surface area (Å²) in [5.41, 5.74) is 1.17. The van der Waals surface area contributed by atoms with E-state index < -0.39 is 40.0 Å². The first-order chi connectivity index (χ1) is 26.2. The van der Waals surface area contributed by atoms with Crippen molar-refractivity contribution in [2.24, 2.45) is 0 Å². The second kappa shape index (κ2) is 18.1. The van der Waals surface area contributed by atoms with Gasteiger partial charge in [0.05, 0.1) is 24.3 Å². The van der Waals surface area contributed by atoms with Gasteiger partial charge in [-0.2, -0.15) is 0 Å². The van der Waals surface area contributed by atoms with Crippen LogP contribution in [0.5, 0.6) is 11.5 Å². The second-order valence-corrected chi connectivity index (χ2v) is 17.3. The van der Waals surface area contributed by atoms with Gasteiger partial charge in [-0.1, -0.05) is 157 Å². The van der Waals surface area contributed by atoms with Gasteiger partial charge in [-0.15, -0.1) is 0 Å². The van der Waals surface area contributed by atoms with Crippen molar-refractivity contribution in [2.75, 3.05) is 14.2 Å². The van der Waals surface area contributed by atoms with Gasteiger partial charge in [0.2, 0.25) is 0 Å². The number of rotatable bonds is 13. The highest BCUT2D eigenvalue weighted by Crippen LogP contribution is 2.51. The van der Waals surface area contributed by atoms with Crippen molar-refractivity contribution in [3.63, 3.8) is 0 Å². The zero-order valence-electron chi connectivity index (χ0n) is 30.1. The maximum absolute atomic E-state index is 13.0. The first-order valence-electron chi connectivity index (χ1n) is 17.2. The average Bonchev–Trinajstić information content (AvgIpc) is 3.21. The van der Waals surface area contributed by atoms with Gasteiger partial charge >= 0.3 is 11.9 Å². The lowest BCUT2D eigenvalue weighted by atomic mass is 10.0. The summed E-state index contributed by atoms with van der Waals surface area (Å²) < 4.78 is 23.4. The molecule has 0 heterocycles. The maximum atomic E-state index is 13.0. The van der Waals surface area contributed by atoms with Crippen molar-refractivity contribution in [3.05, 3.63) is 156 Å². The van der Waals surface area contributed by atoms with Crippen LogP contribution in [0.15, 0.2) is 146 Å². The summed E-state index contributed by atoms with van der Waals surface area (Å²) in [7, 11) is 0.0279. The summed E-state index contributed by atoms with van der Waals surface area (Å²) in [5.74, 6) is -0.648. The molecule has 2 atom stereocenters. The molecule has 6 aromatic carbocycles. The Balaban J connectivity index is 1.80. The quantitative estimate of drug-likeness (QED) is 0.0871. The molecule has 0 fully saturated rings. The van der Waals surface area contributed by atoms with E-state index in [2.05, 4.69) is 48.5 Å². The van der Waals surface area contributed by atoms with Crippen LogP contribution in [0.2, 0.25) is 10.0 Å². The molecule has 0 aliphatic carbocycles. The number of benzene rings is 6. The zero-order chi connectivity index (χ0) is 38.2. The predicted molar refractivity (Wildman–Crippen MR) is 224 cm³/mol. The van der Waals surface area contributed by atoms with Crippen LogP contribution in [0.1, 0.15) is 13.8 Å². The number of hydrogen-bond acceptors (Lipinski definition) is 6. The number of halogens is 2. The Morgan fingerprint density at radius 1 is 0.463 bits per heavy atom. The van der Waals surface area contributed by atoms with E-state index in [1.165, 1.54) is 14.2 Å². The number of ether oxygens (including phenoxy) is 4. The van der Waals surface area contributed by atoms with Crippen LogP contribution in [0.3, 0.4) is 0 Å². The van der Waals surface area contributed by atoms with Crippen LogP contribution < -0.4 is 41.3 Å². The van der Waals surface area contributed by atoms with Crippen molar-refractivity contribution in [1.29, 1.82) is 0 Å². The van der Waals surface area contributed by atoms with Crippen molar-refractivity contribution >= 4 is 82.8 Å². The highest BCUT2D eigenvalue weighted by Gasteiger charge is 2.34.